The quantitative estimate of drug-likeness (QED) is 0.764. The van der Waals surface area contributed by atoms with E-state index in [1.165, 1.54) is 4.57 Å². The molecule has 0 saturated carbocycles. The van der Waals surface area contributed by atoms with Crippen molar-refractivity contribution in [3.63, 3.8) is 0 Å². The molecule has 0 atom stereocenters. The Morgan fingerprint density at radius 2 is 2.00 bits per heavy atom. The van der Waals surface area contributed by atoms with Gasteiger partial charge >= 0.3 is 5.56 Å². The molecule has 1 aliphatic heterocycles. The molecule has 0 spiro atoms. The molecule has 1 aliphatic rings. The molecule has 1 aromatic heterocycles. The van der Waals surface area contributed by atoms with Gasteiger partial charge in [-0.05, 0) is 13.8 Å². The number of hydrogen-bond donors (Lipinski definition) is 2. The summed E-state index contributed by atoms with van der Waals surface area (Å²) >= 11 is 0. The summed E-state index contributed by atoms with van der Waals surface area (Å²) in [5.74, 6) is -0.626. The normalized spacial score (nSPS) is 14.9. The number of nitrogens with zero attached hydrogens (tertiary/aromatic N) is 3. The van der Waals surface area contributed by atoms with E-state index in [-0.39, 0.29) is 17.6 Å². The maximum absolute atomic E-state index is 12.3. The molecular formula is C11H16N4O3. The number of amides is 1. The van der Waals surface area contributed by atoms with Crippen LogP contribution in [0.3, 0.4) is 0 Å². The van der Waals surface area contributed by atoms with Crippen LogP contribution in [0.25, 0.3) is 0 Å². The number of rotatable bonds is 2. The highest BCUT2D eigenvalue weighted by atomic mass is 16.3. The maximum atomic E-state index is 12.3. The van der Waals surface area contributed by atoms with Gasteiger partial charge in [-0.25, -0.2) is 0 Å². The minimum absolute atomic E-state index is 0.0132. The summed E-state index contributed by atoms with van der Waals surface area (Å²) in [6.45, 7) is 4.81. The number of fused-ring (bicyclic) bond motifs is 1. The van der Waals surface area contributed by atoms with Crippen LogP contribution in [0.1, 0.15) is 24.3 Å². The summed E-state index contributed by atoms with van der Waals surface area (Å²) in [7, 11) is 1.62. The van der Waals surface area contributed by atoms with Gasteiger partial charge in [-0.3, -0.25) is 9.59 Å². The molecule has 0 radical (unpaired) electrons. The Kier molecular flexibility index (Phi) is 2.98. The summed E-state index contributed by atoms with van der Waals surface area (Å²) in [6.07, 6.45) is 0. The Hall–Kier alpha value is -2.05. The fraction of sp³-hybridized carbons (Fsp3) is 0.545. The van der Waals surface area contributed by atoms with E-state index in [9.17, 15) is 14.7 Å². The highest BCUT2D eigenvalue weighted by molar-refractivity contribution is 5.96. The van der Waals surface area contributed by atoms with Crippen molar-refractivity contribution in [1.29, 1.82) is 0 Å². The van der Waals surface area contributed by atoms with E-state index in [1.807, 2.05) is 13.8 Å². The van der Waals surface area contributed by atoms with Crippen LogP contribution in [0.15, 0.2) is 4.79 Å². The van der Waals surface area contributed by atoms with Gasteiger partial charge in [0, 0.05) is 26.2 Å². The molecule has 0 fully saturated rings. The summed E-state index contributed by atoms with van der Waals surface area (Å²) in [5, 5.41) is 12.5. The largest absolute Gasteiger partial charge is 0.501 e. The number of carbonyl (C=O) groups excluding carboxylic acids is 1. The number of nitrogens with one attached hydrogen (secondary N) is 1. The van der Waals surface area contributed by atoms with E-state index < -0.39 is 11.3 Å². The third kappa shape index (κ3) is 1.71. The molecule has 0 saturated heterocycles. The first-order valence-corrected chi connectivity index (χ1v) is 5.80. The van der Waals surface area contributed by atoms with Crippen molar-refractivity contribution in [3.8, 4) is 5.75 Å². The Balaban J connectivity index is 2.64. The zero-order chi connectivity index (χ0) is 13.4. The van der Waals surface area contributed by atoms with Gasteiger partial charge in [-0.2, -0.15) is 4.98 Å². The Labute approximate surface area is 104 Å². The van der Waals surface area contributed by atoms with Crippen molar-refractivity contribution in [1.82, 2.24) is 14.5 Å². The fourth-order valence-corrected chi connectivity index (χ4v) is 2.11. The van der Waals surface area contributed by atoms with Gasteiger partial charge < -0.3 is 19.9 Å². The molecule has 0 aromatic carbocycles. The summed E-state index contributed by atoms with van der Waals surface area (Å²) in [5.41, 5.74) is -0.774. The first-order valence-electron chi connectivity index (χ1n) is 5.80. The fourth-order valence-electron chi connectivity index (χ4n) is 2.11. The molecule has 7 heteroatoms. The van der Waals surface area contributed by atoms with Gasteiger partial charge in [0.1, 0.15) is 0 Å². The van der Waals surface area contributed by atoms with E-state index in [0.29, 0.717) is 19.0 Å². The highest BCUT2D eigenvalue weighted by Gasteiger charge is 2.31. The lowest BCUT2D eigenvalue weighted by atomic mass is 10.2. The molecule has 2 heterocycles. The third-order valence-corrected chi connectivity index (χ3v) is 3.03. The van der Waals surface area contributed by atoms with Crippen LogP contribution in [-0.4, -0.2) is 45.1 Å². The molecule has 2 N–H and O–H groups in total. The van der Waals surface area contributed by atoms with E-state index in [4.69, 9.17) is 0 Å². The van der Waals surface area contributed by atoms with Crippen LogP contribution in [0, 0.1) is 0 Å². The van der Waals surface area contributed by atoms with Crippen LogP contribution in [0.5, 0.6) is 5.75 Å². The van der Waals surface area contributed by atoms with Crippen LogP contribution >= 0.6 is 0 Å². The average Bonchev–Trinajstić information content (AvgIpc) is 2.33. The molecule has 1 amide bonds. The SMILES string of the molecule is CNc1nc(=O)c(O)c2n1CCN(C(C)C)C2=O. The number of hydrogen-bond acceptors (Lipinski definition) is 5. The smallest absolute Gasteiger partial charge is 0.317 e. The second-order valence-corrected chi connectivity index (χ2v) is 4.43. The molecule has 7 nitrogen and oxygen atoms in total. The molecule has 0 aliphatic carbocycles. The molecule has 1 aromatic rings. The summed E-state index contributed by atoms with van der Waals surface area (Å²) in [4.78, 5) is 29.1. The number of aromatic nitrogens is 2. The van der Waals surface area contributed by atoms with E-state index in [2.05, 4.69) is 10.3 Å². The Bertz CT molecular complexity index is 550. The van der Waals surface area contributed by atoms with Gasteiger partial charge in [0.2, 0.25) is 11.7 Å². The van der Waals surface area contributed by atoms with Crippen LogP contribution < -0.4 is 10.9 Å². The van der Waals surface area contributed by atoms with E-state index in [0.717, 1.165) is 0 Å². The Morgan fingerprint density at radius 1 is 1.33 bits per heavy atom. The molecular weight excluding hydrogens is 236 g/mol. The average molecular weight is 252 g/mol. The van der Waals surface area contributed by atoms with Gasteiger partial charge in [-0.15, -0.1) is 0 Å². The Morgan fingerprint density at radius 3 is 2.56 bits per heavy atom. The first-order chi connectivity index (χ1) is 8.47. The standard InChI is InChI=1S/C11H16N4O3/c1-6(2)14-4-5-15-7(10(14)18)8(16)9(17)13-11(15)12-3/h6,16H,4-5H2,1-3H3,(H,12,13,17). The zero-order valence-electron chi connectivity index (χ0n) is 10.6. The molecule has 18 heavy (non-hydrogen) atoms. The topological polar surface area (TPSA) is 87.5 Å². The van der Waals surface area contributed by atoms with Gasteiger partial charge in [0.25, 0.3) is 5.91 Å². The molecule has 2 rings (SSSR count). The molecule has 0 unspecified atom stereocenters. The van der Waals surface area contributed by atoms with E-state index >= 15 is 0 Å². The lowest BCUT2D eigenvalue weighted by molar-refractivity contribution is 0.0642. The predicted octanol–water partition coefficient (Wildman–Crippen LogP) is -0.145. The molecule has 98 valence electrons. The van der Waals surface area contributed by atoms with Crippen molar-refractivity contribution < 1.29 is 9.90 Å². The van der Waals surface area contributed by atoms with Gasteiger partial charge in [0.15, 0.2) is 5.69 Å². The first kappa shape index (κ1) is 12.4. The van der Waals surface area contributed by atoms with Crippen LogP contribution in [-0.2, 0) is 6.54 Å². The van der Waals surface area contributed by atoms with Crippen molar-refractivity contribution in [2.45, 2.75) is 26.4 Å². The van der Waals surface area contributed by atoms with Gasteiger partial charge in [-0.1, -0.05) is 0 Å². The van der Waals surface area contributed by atoms with Crippen LogP contribution in [0.2, 0.25) is 0 Å². The second kappa shape index (κ2) is 4.32. The molecule has 0 bridgehead atoms. The van der Waals surface area contributed by atoms with Crippen molar-refractivity contribution in [3.05, 3.63) is 16.0 Å². The van der Waals surface area contributed by atoms with Crippen molar-refractivity contribution >= 4 is 11.9 Å². The number of anilines is 1. The number of carbonyl (C=O) groups is 1. The monoisotopic (exact) mass is 252 g/mol. The number of aromatic hydroxyl groups is 1. The minimum Gasteiger partial charge on any atom is -0.501 e. The lowest BCUT2D eigenvalue weighted by Gasteiger charge is -2.33. The summed E-state index contributed by atoms with van der Waals surface area (Å²) in [6, 6.07) is 0.0203. The highest BCUT2D eigenvalue weighted by Crippen LogP contribution is 2.22. The third-order valence-electron chi connectivity index (χ3n) is 3.03. The van der Waals surface area contributed by atoms with Crippen LogP contribution in [0.4, 0.5) is 5.95 Å². The van der Waals surface area contributed by atoms with Gasteiger partial charge in [0.05, 0.1) is 0 Å². The van der Waals surface area contributed by atoms with Crippen molar-refractivity contribution in [2.75, 3.05) is 18.9 Å². The second-order valence-electron chi connectivity index (χ2n) is 4.43. The predicted molar refractivity (Wildman–Crippen MR) is 65.9 cm³/mol. The van der Waals surface area contributed by atoms with Crippen molar-refractivity contribution in [2.24, 2.45) is 0 Å². The zero-order valence-corrected chi connectivity index (χ0v) is 10.6. The van der Waals surface area contributed by atoms with E-state index in [1.54, 1.807) is 11.9 Å². The minimum atomic E-state index is -0.787. The maximum Gasteiger partial charge on any atom is 0.317 e. The summed E-state index contributed by atoms with van der Waals surface area (Å²) < 4.78 is 1.54. The lowest BCUT2D eigenvalue weighted by Crippen LogP contribution is -2.46.